The van der Waals surface area contributed by atoms with E-state index in [-0.39, 0.29) is 6.61 Å². The molecule has 2 saturated heterocycles. The number of rotatable bonds is 6. The van der Waals surface area contributed by atoms with Gasteiger partial charge in [0.25, 0.3) is 0 Å². The lowest BCUT2D eigenvalue weighted by Gasteiger charge is -2.30. The Bertz CT molecular complexity index is 677. The number of nitrogens with zero attached hydrogens (tertiary/aromatic N) is 5. The predicted octanol–water partition coefficient (Wildman–Crippen LogP) is 1.55. The quantitative estimate of drug-likeness (QED) is 0.852. The molecule has 2 aromatic rings. The zero-order chi connectivity index (χ0) is 17.1. The van der Waals surface area contributed by atoms with Crippen LogP contribution in [0.4, 0.5) is 0 Å². The van der Waals surface area contributed by atoms with Gasteiger partial charge >= 0.3 is 0 Å². The van der Waals surface area contributed by atoms with Gasteiger partial charge in [0.1, 0.15) is 0 Å². The molecule has 25 heavy (non-hydrogen) atoms. The van der Waals surface area contributed by atoms with Crippen molar-refractivity contribution in [3.8, 4) is 11.4 Å². The van der Waals surface area contributed by atoms with Crippen LogP contribution >= 0.6 is 0 Å². The lowest BCUT2D eigenvalue weighted by atomic mass is 10.2. The van der Waals surface area contributed by atoms with E-state index in [1.165, 1.54) is 19.3 Å². The summed E-state index contributed by atoms with van der Waals surface area (Å²) in [6.45, 7) is 4.14. The van der Waals surface area contributed by atoms with E-state index in [4.69, 9.17) is 4.52 Å². The summed E-state index contributed by atoms with van der Waals surface area (Å²) in [7, 11) is 0. The van der Waals surface area contributed by atoms with E-state index in [9.17, 15) is 5.11 Å². The largest absolute Gasteiger partial charge is 0.395 e. The van der Waals surface area contributed by atoms with Gasteiger partial charge in [0.15, 0.2) is 0 Å². The van der Waals surface area contributed by atoms with Crippen molar-refractivity contribution in [2.75, 3.05) is 26.2 Å². The third-order valence-corrected chi connectivity index (χ3v) is 5.38. The molecule has 2 unspecified atom stereocenters. The number of likely N-dealkylation sites (tertiary alicyclic amines) is 2. The van der Waals surface area contributed by atoms with Crippen LogP contribution in [0, 0.1) is 0 Å². The van der Waals surface area contributed by atoms with Crippen LogP contribution in [0.15, 0.2) is 29.0 Å². The lowest BCUT2D eigenvalue weighted by molar-refractivity contribution is 0.115. The molecular weight excluding hydrogens is 318 g/mol. The smallest absolute Gasteiger partial charge is 0.241 e. The third kappa shape index (κ3) is 3.73. The third-order valence-electron chi connectivity index (χ3n) is 5.38. The van der Waals surface area contributed by atoms with Crippen molar-refractivity contribution in [2.24, 2.45) is 0 Å². The van der Waals surface area contributed by atoms with Gasteiger partial charge in [-0.3, -0.25) is 14.8 Å². The van der Waals surface area contributed by atoms with E-state index in [0.717, 1.165) is 31.6 Å². The topological polar surface area (TPSA) is 78.5 Å². The molecule has 2 atom stereocenters. The SMILES string of the molecule is OCC1CCCN1CC1CCCN1Cc1nc(-c2cccnc2)no1. The molecule has 7 nitrogen and oxygen atoms in total. The molecule has 2 aliphatic rings. The standard InChI is InChI=1S/C18H25N5O2/c24-13-16-6-3-8-22(16)11-15-5-2-9-23(15)12-17-20-18(21-25-17)14-4-1-7-19-10-14/h1,4,7,10,15-16,24H,2-3,5-6,8-9,11-13H2. The minimum absolute atomic E-state index is 0.269. The zero-order valence-corrected chi connectivity index (χ0v) is 14.4. The van der Waals surface area contributed by atoms with E-state index in [0.29, 0.717) is 30.3 Å². The van der Waals surface area contributed by atoms with E-state index >= 15 is 0 Å². The second-order valence-corrected chi connectivity index (χ2v) is 6.99. The molecular formula is C18H25N5O2. The van der Waals surface area contributed by atoms with Gasteiger partial charge < -0.3 is 9.63 Å². The number of aliphatic hydroxyl groups excluding tert-OH is 1. The molecule has 0 aliphatic carbocycles. The van der Waals surface area contributed by atoms with Gasteiger partial charge in [-0.05, 0) is 50.9 Å². The molecule has 2 fully saturated rings. The minimum atomic E-state index is 0.269. The summed E-state index contributed by atoms with van der Waals surface area (Å²) in [4.78, 5) is 13.5. The van der Waals surface area contributed by atoms with Gasteiger partial charge in [0.2, 0.25) is 11.7 Å². The first-order chi connectivity index (χ1) is 12.3. The summed E-state index contributed by atoms with van der Waals surface area (Å²) in [5.74, 6) is 1.25. The fraction of sp³-hybridized carbons (Fsp3) is 0.611. The maximum atomic E-state index is 9.53. The zero-order valence-electron chi connectivity index (χ0n) is 14.4. The molecule has 7 heteroatoms. The summed E-state index contributed by atoms with van der Waals surface area (Å²) >= 11 is 0. The summed E-state index contributed by atoms with van der Waals surface area (Å²) in [6.07, 6.45) is 8.18. The maximum absolute atomic E-state index is 9.53. The minimum Gasteiger partial charge on any atom is -0.395 e. The Morgan fingerprint density at radius 2 is 2.00 bits per heavy atom. The second kappa shape index (κ2) is 7.59. The van der Waals surface area contributed by atoms with Crippen molar-refractivity contribution in [3.05, 3.63) is 30.4 Å². The number of aromatic nitrogens is 3. The highest BCUT2D eigenvalue weighted by Gasteiger charge is 2.32. The van der Waals surface area contributed by atoms with Crippen LogP contribution in [-0.4, -0.2) is 68.4 Å². The van der Waals surface area contributed by atoms with Gasteiger partial charge in [0, 0.05) is 36.6 Å². The molecule has 0 bridgehead atoms. The first kappa shape index (κ1) is 16.6. The molecule has 0 radical (unpaired) electrons. The van der Waals surface area contributed by atoms with E-state index in [1.807, 2.05) is 12.1 Å². The second-order valence-electron chi connectivity index (χ2n) is 6.99. The van der Waals surface area contributed by atoms with Crippen LogP contribution in [0.2, 0.25) is 0 Å². The van der Waals surface area contributed by atoms with Crippen molar-refractivity contribution in [2.45, 2.75) is 44.3 Å². The van der Waals surface area contributed by atoms with Crippen LogP contribution in [0.25, 0.3) is 11.4 Å². The first-order valence-electron chi connectivity index (χ1n) is 9.15. The molecule has 0 amide bonds. The molecule has 4 heterocycles. The number of hydrogen-bond donors (Lipinski definition) is 1. The van der Waals surface area contributed by atoms with E-state index in [1.54, 1.807) is 12.4 Å². The Kier molecular flexibility index (Phi) is 5.05. The fourth-order valence-corrected chi connectivity index (χ4v) is 4.03. The number of hydrogen-bond acceptors (Lipinski definition) is 7. The van der Waals surface area contributed by atoms with Crippen molar-refractivity contribution < 1.29 is 9.63 Å². The average Bonchev–Trinajstić information content (AvgIpc) is 3.38. The van der Waals surface area contributed by atoms with Crippen LogP contribution in [0.5, 0.6) is 0 Å². The highest BCUT2D eigenvalue weighted by atomic mass is 16.5. The van der Waals surface area contributed by atoms with Gasteiger partial charge in [-0.1, -0.05) is 5.16 Å². The molecule has 0 aromatic carbocycles. The molecule has 134 valence electrons. The summed E-state index contributed by atoms with van der Waals surface area (Å²) in [5.41, 5.74) is 0.873. The molecule has 4 rings (SSSR count). The molecule has 0 saturated carbocycles. The number of pyridine rings is 1. The Morgan fingerprint density at radius 1 is 1.16 bits per heavy atom. The van der Waals surface area contributed by atoms with Crippen LogP contribution in [0.1, 0.15) is 31.6 Å². The Labute approximate surface area is 147 Å². The van der Waals surface area contributed by atoms with Crippen molar-refractivity contribution in [3.63, 3.8) is 0 Å². The van der Waals surface area contributed by atoms with Crippen LogP contribution in [-0.2, 0) is 6.54 Å². The van der Waals surface area contributed by atoms with Gasteiger partial charge in [-0.15, -0.1) is 0 Å². The van der Waals surface area contributed by atoms with Crippen molar-refractivity contribution in [1.29, 1.82) is 0 Å². The van der Waals surface area contributed by atoms with Crippen LogP contribution in [0.3, 0.4) is 0 Å². The normalized spacial score (nSPS) is 25.0. The Morgan fingerprint density at radius 3 is 2.80 bits per heavy atom. The maximum Gasteiger partial charge on any atom is 0.241 e. The van der Waals surface area contributed by atoms with E-state index in [2.05, 4.69) is 24.9 Å². The molecule has 2 aliphatic heterocycles. The highest BCUT2D eigenvalue weighted by Crippen LogP contribution is 2.25. The van der Waals surface area contributed by atoms with Crippen LogP contribution < -0.4 is 0 Å². The molecule has 1 N–H and O–H groups in total. The number of aliphatic hydroxyl groups is 1. The van der Waals surface area contributed by atoms with Gasteiger partial charge in [-0.25, -0.2) is 0 Å². The van der Waals surface area contributed by atoms with Crippen molar-refractivity contribution >= 4 is 0 Å². The van der Waals surface area contributed by atoms with Gasteiger partial charge in [0.05, 0.1) is 13.2 Å². The highest BCUT2D eigenvalue weighted by molar-refractivity contribution is 5.51. The average molecular weight is 343 g/mol. The lowest BCUT2D eigenvalue weighted by Crippen LogP contribution is -2.43. The predicted molar refractivity (Wildman–Crippen MR) is 92.6 cm³/mol. The van der Waals surface area contributed by atoms with E-state index < -0.39 is 0 Å². The summed E-state index contributed by atoms with van der Waals surface area (Å²) < 4.78 is 5.46. The van der Waals surface area contributed by atoms with Crippen molar-refractivity contribution in [1.82, 2.24) is 24.9 Å². The monoisotopic (exact) mass is 343 g/mol. The molecule has 2 aromatic heterocycles. The molecule has 0 spiro atoms. The first-order valence-corrected chi connectivity index (χ1v) is 9.15. The van der Waals surface area contributed by atoms with Gasteiger partial charge in [-0.2, -0.15) is 4.98 Å². The summed E-state index contributed by atoms with van der Waals surface area (Å²) in [5, 5.41) is 13.6. The Balaban J connectivity index is 1.39. The fourth-order valence-electron chi connectivity index (χ4n) is 4.03. The summed E-state index contributed by atoms with van der Waals surface area (Å²) in [6, 6.07) is 4.64. The Hall–Kier alpha value is -1.83.